The number of hydrogen-bond donors (Lipinski definition) is 2. The summed E-state index contributed by atoms with van der Waals surface area (Å²) in [6.45, 7) is 2.70. The van der Waals surface area contributed by atoms with Gasteiger partial charge in [0.2, 0.25) is 0 Å². The highest BCUT2D eigenvalue weighted by atomic mass is 16.5. The third-order valence-electron chi connectivity index (χ3n) is 3.18. The van der Waals surface area contributed by atoms with Gasteiger partial charge in [-0.1, -0.05) is 12.1 Å². The summed E-state index contributed by atoms with van der Waals surface area (Å²) in [5, 5.41) is 3.33. The minimum Gasteiger partial charge on any atom is -0.370 e. The second-order valence-corrected chi connectivity index (χ2v) is 4.46. The first-order valence-electron chi connectivity index (χ1n) is 6.18. The van der Waals surface area contributed by atoms with E-state index in [-0.39, 0.29) is 0 Å². The molecule has 2 N–H and O–H groups in total. The Morgan fingerprint density at radius 1 is 1.24 bits per heavy atom. The van der Waals surface area contributed by atoms with Crippen LogP contribution in [0.25, 0.3) is 11.0 Å². The Hall–Kier alpha value is -1.39. The molecule has 1 aliphatic rings. The van der Waals surface area contributed by atoms with E-state index in [4.69, 9.17) is 4.74 Å². The first-order chi connectivity index (χ1) is 8.42. The van der Waals surface area contributed by atoms with Crippen LogP contribution in [0.5, 0.6) is 0 Å². The van der Waals surface area contributed by atoms with Crippen molar-refractivity contribution in [3.63, 3.8) is 0 Å². The number of aromatic nitrogens is 2. The fraction of sp³-hybridized carbons (Fsp3) is 0.462. The molecule has 1 saturated heterocycles. The number of ether oxygens (including phenoxy) is 1. The van der Waals surface area contributed by atoms with Crippen LogP contribution in [0.2, 0.25) is 0 Å². The fourth-order valence-electron chi connectivity index (χ4n) is 2.23. The van der Waals surface area contributed by atoms with Gasteiger partial charge >= 0.3 is 0 Å². The van der Waals surface area contributed by atoms with Gasteiger partial charge in [-0.15, -0.1) is 0 Å². The van der Waals surface area contributed by atoms with Crippen LogP contribution in [-0.2, 0) is 11.3 Å². The number of nitrogens with one attached hydrogen (secondary N) is 2. The molecular formula is C13H17N3O. The minimum atomic E-state index is 0.379. The minimum absolute atomic E-state index is 0.379. The molecule has 90 valence electrons. The van der Waals surface area contributed by atoms with Crippen LogP contribution < -0.4 is 5.32 Å². The molecule has 3 rings (SSSR count). The van der Waals surface area contributed by atoms with Crippen molar-refractivity contribution in [2.75, 3.05) is 13.1 Å². The highest BCUT2D eigenvalue weighted by molar-refractivity contribution is 5.74. The van der Waals surface area contributed by atoms with Crippen LogP contribution in [0.1, 0.15) is 18.7 Å². The lowest BCUT2D eigenvalue weighted by atomic mass is 10.1. The molecule has 0 amide bonds. The van der Waals surface area contributed by atoms with Gasteiger partial charge in [-0.25, -0.2) is 4.98 Å². The number of benzene rings is 1. The van der Waals surface area contributed by atoms with E-state index < -0.39 is 0 Å². The van der Waals surface area contributed by atoms with Gasteiger partial charge in [-0.05, 0) is 38.1 Å². The van der Waals surface area contributed by atoms with Crippen molar-refractivity contribution in [2.45, 2.75) is 25.6 Å². The Kier molecular flexibility index (Phi) is 3.07. The van der Waals surface area contributed by atoms with Crippen molar-refractivity contribution in [3.05, 3.63) is 30.1 Å². The van der Waals surface area contributed by atoms with Gasteiger partial charge in [0.05, 0.1) is 17.1 Å². The number of fused-ring (bicyclic) bond motifs is 1. The average Bonchev–Trinajstić information content (AvgIpc) is 2.80. The molecule has 0 spiro atoms. The monoisotopic (exact) mass is 231 g/mol. The highest BCUT2D eigenvalue weighted by Gasteiger charge is 2.13. The predicted molar refractivity (Wildman–Crippen MR) is 66.8 cm³/mol. The van der Waals surface area contributed by atoms with Crippen LogP contribution in [0.15, 0.2) is 24.3 Å². The van der Waals surface area contributed by atoms with Gasteiger partial charge < -0.3 is 15.0 Å². The van der Waals surface area contributed by atoms with Crippen molar-refractivity contribution in [1.82, 2.24) is 15.3 Å². The molecular weight excluding hydrogens is 214 g/mol. The van der Waals surface area contributed by atoms with Crippen molar-refractivity contribution < 1.29 is 4.74 Å². The number of imidazole rings is 1. The number of H-pyrrole nitrogens is 1. The van der Waals surface area contributed by atoms with E-state index in [9.17, 15) is 0 Å². The van der Waals surface area contributed by atoms with Gasteiger partial charge in [0.25, 0.3) is 0 Å². The highest BCUT2D eigenvalue weighted by Crippen LogP contribution is 2.13. The summed E-state index contributed by atoms with van der Waals surface area (Å²) >= 11 is 0. The Labute approximate surface area is 100 Å². The number of rotatable bonds is 3. The van der Waals surface area contributed by atoms with E-state index in [0.29, 0.717) is 12.7 Å². The van der Waals surface area contributed by atoms with Crippen LogP contribution in [-0.4, -0.2) is 29.2 Å². The first kappa shape index (κ1) is 10.7. The Bertz CT molecular complexity index is 455. The van der Waals surface area contributed by atoms with Gasteiger partial charge in [-0.2, -0.15) is 0 Å². The third-order valence-corrected chi connectivity index (χ3v) is 3.18. The fourth-order valence-corrected chi connectivity index (χ4v) is 2.23. The number of piperidine rings is 1. The standard InChI is InChI=1S/C13H17N3O/c1-2-4-12-11(3-1)15-13(16-12)9-17-10-5-7-14-8-6-10/h1-4,10,14H,5-9H2,(H,15,16). The van der Waals surface area contributed by atoms with Crippen molar-refractivity contribution >= 4 is 11.0 Å². The molecule has 1 aromatic carbocycles. The third kappa shape index (κ3) is 2.48. The quantitative estimate of drug-likeness (QED) is 0.847. The van der Waals surface area contributed by atoms with E-state index in [0.717, 1.165) is 42.8 Å². The Morgan fingerprint density at radius 2 is 2.06 bits per heavy atom. The zero-order chi connectivity index (χ0) is 11.5. The molecule has 0 atom stereocenters. The van der Waals surface area contributed by atoms with E-state index in [1.807, 2.05) is 24.3 Å². The molecule has 0 bridgehead atoms. The molecule has 0 saturated carbocycles. The molecule has 0 unspecified atom stereocenters. The molecule has 17 heavy (non-hydrogen) atoms. The van der Waals surface area contributed by atoms with E-state index >= 15 is 0 Å². The molecule has 1 fully saturated rings. The number of hydrogen-bond acceptors (Lipinski definition) is 3. The molecule has 2 aromatic rings. The van der Waals surface area contributed by atoms with Crippen molar-refractivity contribution in [1.29, 1.82) is 0 Å². The van der Waals surface area contributed by atoms with E-state index in [1.165, 1.54) is 0 Å². The summed E-state index contributed by atoms with van der Waals surface area (Å²) in [5.74, 6) is 0.921. The van der Waals surface area contributed by atoms with Crippen LogP contribution in [0.3, 0.4) is 0 Å². The molecule has 0 radical (unpaired) electrons. The lowest BCUT2D eigenvalue weighted by Gasteiger charge is -2.22. The van der Waals surface area contributed by atoms with Gasteiger partial charge in [0.1, 0.15) is 12.4 Å². The average molecular weight is 231 g/mol. The maximum Gasteiger partial charge on any atom is 0.133 e. The predicted octanol–water partition coefficient (Wildman–Crippen LogP) is 1.83. The summed E-state index contributed by atoms with van der Waals surface area (Å²) in [6.07, 6.45) is 2.57. The van der Waals surface area contributed by atoms with Gasteiger partial charge in [0, 0.05) is 0 Å². The summed E-state index contributed by atoms with van der Waals surface area (Å²) < 4.78 is 5.86. The SMILES string of the molecule is c1ccc2[nH]c(COC3CCNCC3)nc2c1. The smallest absolute Gasteiger partial charge is 0.133 e. The Morgan fingerprint density at radius 3 is 2.88 bits per heavy atom. The second kappa shape index (κ2) is 4.85. The van der Waals surface area contributed by atoms with E-state index in [2.05, 4.69) is 15.3 Å². The largest absolute Gasteiger partial charge is 0.370 e. The first-order valence-corrected chi connectivity index (χ1v) is 6.18. The number of para-hydroxylation sites is 2. The molecule has 1 aromatic heterocycles. The second-order valence-electron chi connectivity index (χ2n) is 4.46. The molecule has 1 aliphatic heterocycles. The molecule has 4 heteroatoms. The van der Waals surface area contributed by atoms with Gasteiger partial charge in [-0.3, -0.25) is 0 Å². The van der Waals surface area contributed by atoms with Crippen molar-refractivity contribution in [3.8, 4) is 0 Å². The summed E-state index contributed by atoms with van der Waals surface area (Å²) in [7, 11) is 0. The lowest BCUT2D eigenvalue weighted by Crippen LogP contribution is -2.32. The molecule has 0 aliphatic carbocycles. The van der Waals surface area contributed by atoms with Crippen molar-refractivity contribution in [2.24, 2.45) is 0 Å². The lowest BCUT2D eigenvalue weighted by molar-refractivity contribution is 0.0182. The number of aromatic amines is 1. The normalized spacial score (nSPS) is 17.6. The summed E-state index contributed by atoms with van der Waals surface area (Å²) in [5.41, 5.74) is 2.09. The number of nitrogens with zero attached hydrogens (tertiary/aromatic N) is 1. The summed E-state index contributed by atoms with van der Waals surface area (Å²) in [4.78, 5) is 7.78. The van der Waals surface area contributed by atoms with Crippen LogP contribution in [0.4, 0.5) is 0 Å². The maximum absolute atomic E-state index is 5.86. The topological polar surface area (TPSA) is 49.9 Å². The van der Waals surface area contributed by atoms with Gasteiger partial charge in [0.15, 0.2) is 0 Å². The van der Waals surface area contributed by atoms with E-state index in [1.54, 1.807) is 0 Å². The zero-order valence-electron chi connectivity index (χ0n) is 9.78. The maximum atomic E-state index is 5.86. The zero-order valence-corrected chi connectivity index (χ0v) is 9.78. The Balaban J connectivity index is 1.64. The molecule has 4 nitrogen and oxygen atoms in total. The van der Waals surface area contributed by atoms with Crippen LogP contribution >= 0.6 is 0 Å². The summed E-state index contributed by atoms with van der Waals surface area (Å²) in [6, 6.07) is 8.06. The van der Waals surface area contributed by atoms with Crippen LogP contribution in [0, 0.1) is 0 Å². The molecule has 2 heterocycles.